The monoisotopic (exact) mass is 98.1 g/mol. The van der Waals surface area contributed by atoms with E-state index in [1.165, 1.54) is 0 Å². The molecule has 0 unspecified atom stereocenters. The van der Waals surface area contributed by atoms with Gasteiger partial charge in [-0.25, -0.2) is 0 Å². The molecule has 0 aliphatic carbocycles. The quantitative estimate of drug-likeness (QED) is 0.502. The summed E-state index contributed by atoms with van der Waals surface area (Å²) in [5.74, 6) is 2.52. The van der Waals surface area contributed by atoms with Crippen LogP contribution in [0.5, 0.6) is 0 Å². The van der Waals surface area contributed by atoms with Crippen LogP contribution in [0, 0.1) is 18.3 Å². The molecule has 0 heterocycles. The summed E-state index contributed by atoms with van der Waals surface area (Å²) in [6, 6.07) is 0. The summed E-state index contributed by atoms with van der Waals surface area (Å²) < 4.78 is 0. The van der Waals surface area contributed by atoms with Gasteiger partial charge < -0.3 is 5.11 Å². The topological polar surface area (TPSA) is 20.2 Å². The summed E-state index contributed by atoms with van der Waals surface area (Å²) in [5.41, 5.74) is 0. The number of aliphatic hydroxyl groups excluding tert-OH is 1. The molecule has 0 aromatic heterocycles. The van der Waals surface area contributed by atoms with Crippen LogP contribution < -0.4 is 0 Å². The zero-order chi connectivity index (χ0) is 5.70. The van der Waals surface area contributed by atoms with Crippen molar-refractivity contribution < 1.29 is 5.11 Å². The summed E-state index contributed by atoms with van der Waals surface area (Å²) >= 11 is 0. The van der Waals surface area contributed by atoms with E-state index in [0.717, 1.165) is 6.42 Å². The van der Waals surface area contributed by atoms with Gasteiger partial charge in [0.05, 0.1) is 6.61 Å². The fourth-order valence-electron chi connectivity index (χ4n) is 0.300. The van der Waals surface area contributed by atoms with E-state index in [1.807, 2.05) is 6.92 Å². The van der Waals surface area contributed by atoms with Gasteiger partial charge in [-0.15, -0.1) is 12.3 Å². The molecule has 0 saturated heterocycles. The maximum absolute atomic E-state index is 8.38. The van der Waals surface area contributed by atoms with E-state index in [2.05, 4.69) is 5.92 Å². The van der Waals surface area contributed by atoms with Crippen molar-refractivity contribution in [2.24, 2.45) is 5.92 Å². The average Bonchev–Trinajstić information content (AvgIpc) is 1.72. The second-order valence-electron chi connectivity index (χ2n) is 1.45. The van der Waals surface area contributed by atoms with E-state index in [0.29, 0.717) is 0 Å². The van der Waals surface area contributed by atoms with Gasteiger partial charge in [-0.05, 0) is 6.42 Å². The molecule has 0 radical (unpaired) electrons. The Balaban J connectivity index is 3.23. The van der Waals surface area contributed by atoms with Crippen molar-refractivity contribution in [3.63, 3.8) is 0 Å². The van der Waals surface area contributed by atoms with Crippen LogP contribution in [0.2, 0.25) is 0 Å². The normalized spacial score (nSPS) is 12.7. The molecule has 40 valence electrons. The van der Waals surface area contributed by atoms with Gasteiger partial charge >= 0.3 is 0 Å². The van der Waals surface area contributed by atoms with E-state index in [4.69, 9.17) is 11.5 Å². The van der Waals surface area contributed by atoms with Gasteiger partial charge in [-0.2, -0.15) is 0 Å². The van der Waals surface area contributed by atoms with E-state index < -0.39 is 0 Å². The van der Waals surface area contributed by atoms with E-state index in [-0.39, 0.29) is 12.5 Å². The molecular weight excluding hydrogens is 88.1 g/mol. The lowest BCUT2D eigenvalue weighted by molar-refractivity contribution is 0.254. The first kappa shape index (κ1) is 6.52. The number of hydrogen-bond acceptors (Lipinski definition) is 1. The summed E-state index contributed by atoms with van der Waals surface area (Å²) in [6.45, 7) is 2.08. The summed E-state index contributed by atoms with van der Waals surface area (Å²) in [4.78, 5) is 0. The molecule has 1 heteroatoms. The molecule has 0 rings (SSSR count). The van der Waals surface area contributed by atoms with Crippen LogP contribution in [0.4, 0.5) is 0 Å². The van der Waals surface area contributed by atoms with Crippen molar-refractivity contribution >= 4 is 0 Å². The van der Waals surface area contributed by atoms with Crippen LogP contribution in [0.3, 0.4) is 0 Å². The average molecular weight is 98.1 g/mol. The van der Waals surface area contributed by atoms with Crippen LogP contribution in [0.1, 0.15) is 13.3 Å². The Hall–Kier alpha value is -0.480. The molecule has 0 saturated carbocycles. The highest BCUT2D eigenvalue weighted by Crippen LogP contribution is 1.95. The fraction of sp³-hybridized carbons (Fsp3) is 0.667. The molecule has 1 N–H and O–H groups in total. The summed E-state index contributed by atoms with van der Waals surface area (Å²) in [5, 5.41) is 8.38. The first-order valence-corrected chi connectivity index (χ1v) is 2.42. The first-order valence-electron chi connectivity index (χ1n) is 2.42. The first-order chi connectivity index (χ1) is 3.35. The fourth-order valence-corrected chi connectivity index (χ4v) is 0.300. The van der Waals surface area contributed by atoms with Crippen LogP contribution in [-0.2, 0) is 0 Å². The Morgan fingerprint density at radius 1 is 1.86 bits per heavy atom. The second-order valence-corrected chi connectivity index (χ2v) is 1.45. The summed E-state index contributed by atoms with van der Waals surface area (Å²) in [6.07, 6.45) is 5.85. The van der Waals surface area contributed by atoms with Crippen molar-refractivity contribution in [3.05, 3.63) is 0 Å². The molecule has 0 aromatic rings. The minimum absolute atomic E-state index is 0.0694. The highest BCUT2D eigenvalue weighted by Gasteiger charge is 1.94. The highest BCUT2D eigenvalue weighted by atomic mass is 16.3. The smallest absolute Gasteiger partial charge is 0.0568 e. The van der Waals surface area contributed by atoms with Crippen molar-refractivity contribution in [1.29, 1.82) is 0 Å². The highest BCUT2D eigenvalue weighted by molar-refractivity contribution is 4.91. The van der Waals surface area contributed by atoms with Gasteiger partial charge in [-0.3, -0.25) is 0 Å². The Bertz CT molecular complexity index is 66.7. The molecule has 0 spiro atoms. The third kappa shape index (κ3) is 2.24. The molecule has 1 nitrogen and oxygen atoms in total. The maximum Gasteiger partial charge on any atom is 0.0568 e. The number of terminal acetylenes is 1. The van der Waals surface area contributed by atoms with Gasteiger partial charge in [0.15, 0.2) is 0 Å². The van der Waals surface area contributed by atoms with Crippen molar-refractivity contribution in [2.75, 3.05) is 6.61 Å². The standard InChI is InChI=1S/C6H10O/c1-3-6(4-2)5-7/h1,6-7H,4-5H2,2H3/t6-/m1/s1. The van der Waals surface area contributed by atoms with Gasteiger partial charge in [-0.1, -0.05) is 6.92 Å². The molecule has 0 aliphatic rings. The van der Waals surface area contributed by atoms with Crippen LogP contribution in [0.15, 0.2) is 0 Å². The van der Waals surface area contributed by atoms with Gasteiger partial charge in [0.25, 0.3) is 0 Å². The van der Waals surface area contributed by atoms with Crippen molar-refractivity contribution in [2.45, 2.75) is 13.3 Å². The lowest BCUT2D eigenvalue weighted by Gasteiger charge is -1.97. The molecule has 7 heavy (non-hydrogen) atoms. The molecule has 0 aliphatic heterocycles. The zero-order valence-corrected chi connectivity index (χ0v) is 4.52. The number of hydrogen-bond donors (Lipinski definition) is 1. The maximum atomic E-state index is 8.38. The molecular formula is C6H10O. The molecule has 0 fully saturated rings. The largest absolute Gasteiger partial charge is 0.395 e. The van der Waals surface area contributed by atoms with E-state index in [1.54, 1.807) is 0 Å². The van der Waals surface area contributed by atoms with Crippen molar-refractivity contribution in [1.82, 2.24) is 0 Å². The molecule has 0 aromatic carbocycles. The van der Waals surface area contributed by atoms with E-state index >= 15 is 0 Å². The van der Waals surface area contributed by atoms with Crippen molar-refractivity contribution in [3.8, 4) is 12.3 Å². The molecule has 0 bridgehead atoms. The Morgan fingerprint density at radius 2 is 2.43 bits per heavy atom. The van der Waals surface area contributed by atoms with E-state index in [9.17, 15) is 0 Å². The third-order valence-corrected chi connectivity index (χ3v) is 0.949. The van der Waals surface area contributed by atoms with Gasteiger partial charge in [0, 0.05) is 5.92 Å². The van der Waals surface area contributed by atoms with Gasteiger partial charge in [0.1, 0.15) is 0 Å². The van der Waals surface area contributed by atoms with Gasteiger partial charge in [0.2, 0.25) is 0 Å². The Kier molecular flexibility index (Phi) is 3.45. The van der Waals surface area contributed by atoms with Crippen LogP contribution in [-0.4, -0.2) is 11.7 Å². The zero-order valence-electron chi connectivity index (χ0n) is 4.52. The molecule has 1 atom stereocenters. The number of rotatable bonds is 2. The predicted molar refractivity (Wildman–Crippen MR) is 29.7 cm³/mol. The summed E-state index contributed by atoms with van der Waals surface area (Å²) in [7, 11) is 0. The SMILES string of the molecule is C#C[C@H](CC)CO. The third-order valence-electron chi connectivity index (χ3n) is 0.949. The predicted octanol–water partition coefficient (Wildman–Crippen LogP) is 0.638. The lowest BCUT2D eigenvalue weighted by atomic mass is 10.1. The van der Waals surface area contributed by atoms with Crippen LogP contribution >= 0.6 is 0 Å². The second kappa shape index (κ2) is 3.70. The minimum Gasteiger partial charge on any atom is -0.395 e. The Morgan fingerprint density at radius 3 is 2.43 bits per heavy atom. The van der Waals surface area contributed by atoms with Crippen LogP contribution in [0.25, 0.3) is 0 Å². The lowest BCUT2D eigenvalue weighted by Crippen LogP contribution is -1.99. The number of aliphatic hydroxyl groups is 1. The molecule has 0 amide bonds. The minimum atomic E-state index is 0.0694. The Labute approximate surface area is 44.4 Å².